The lowest BCUT2D eigenvalue weighted by molar-refractivity contribution is 0.504. The van der Waals surface area contributed by atoms with E-state index < -0.39 is 0 Å². The van der Waals surface area contributed by atoms with E-state index in [0.717, 1.165) is 0 Å². The molecule has 0 N–H and O–H groups in total. The highest BCUT2D eigenvalue weighted by molar-refractivity contribution is 14.0. The molecule has 0 heterocycles. The van der Waals surface area contributed by atoms with Crippen LogP contribution in [0.15, 0.2) is 0 Å². The molecule has 2 aliphatic carbocycles. The second-order valence-corrected chi connectivity index (χ2v) is 2.83. The van der Waals surface area contributed by atoms with Crippen LogP contribution < -0.4 is 0 Å². The average Bonchev–Trinajstić information content (AvgIpc) is 1.12. The minimum absolute atomic E-state index is 0. The lowest BCUT2D eigenvalue weighted by atomic mass is 10.0. The molecule has 3 heteroatoms. The molecule has 67 valence electrons. The summed E-state index contributed by atoms with van der Waals surface area (Å²) in [5.74, 6) is 0. The fraction of sp³-hybridized carbons (Fsp3) is 1.00. The number of hydrogen-bond donors (Lipinski definition) is 0. The van der Waals surface area contributed by atoms with Crippen molar-refractivity contribution in [2.75, 3.05) is 0 Å². The third-order valence-corrected chi connectivity index (χ3v) is 2.00. The monoisotopic (exact) mass is 379 g/mol. The quantitative estimate of drug-likeness (QED) is 0.442. The van der Waals surface area contributed by atoms with Crippen molar-refractivity contribution < 1.29 is 0 Å². The van der Waals surface area contributed by atoms with Crippen molar-refractivity contribution >= 4 is 56.4 Å². The first-order valence-corrected chi connectivity index (χ1v) is 4.00. The molecular formula is C8H18BI2. The maximum absolute atomic E-state index is 1.50. The van der Waals surface area contributed by atoms with Crippen LogP contribution in [0.1, 0.15) is 51.4 Å². The summed E-state index contributed by atoms with van der Waals surface area (Å²) in [5.41, 5.74) is 0. The standard InChI is InChI=1S/2C4H8.B.2HI/c2*1-2-4-3-1;;;/h2*1-4H2;;2*1H. The van der Waals surface area contributed by atoms with Gasteiger partial charge in [-0.25, -0.2) is 0 Å². The van der Waals surface area contributed by atoms with Crippen LogP contribution in [0.25, 0.3) is 0 Å². The summed E-state index contributed by atoms with van der Waals surface area (Å²) in [6, 6.07) is 0. The Morgan fingerprint density at radius 1 is 0.364 bits per heavy atom. The number of rotatable bonds is 0. The van der Waals surface area contributed by atoms with Gasteiger partial charge in [-0.15, -0.1) is 48.0 Å². The molecule has 0 nitrogen and oxygen atoms in total. The Balaban J connectivity index is -0.0000000914. The molecule has 0 spiro atoms. The molecule has 0 aromatic heterocycles. The average molecular weight is 379 g/mol. The fourth-order valence-corrected chi connectivity index (χ4v) is 0.500. The Morgan fingerprint density at radius 2 is 0.455 bits per heavy atom. The molecule has 3 radical (unpaired) electrons. The van der Waals surface area contributed by atoms with E-state index in [9.17, 15) is 0 Å². The van der Waals surface area contributed by atoms with Gasteiger partial charge in [-0.05, 0) is 0 Å². The van der Waals surface area contributed by atoms with E-state index >= 15 is 0 Å². The Labute approximate surface area is 107 Å². The van der Waals surface area contributed by atoms with Gasteiger partial charge in [0.05, 0.1) is 0 Å². The van der Waals surface area contributed by atoms with E-state index in [0.29, 0.717) is 0 Å². The van der Waals surface area contributed by atoms with Crippen LogP contribution in [-0.2, 0) is 0 Å². The van der Waals surface area contributed by atoms with Crippen molar-refractivity contribution in [3.05, 3.63) is 0 Å². The van der Waals surface area contributed by atoms with Crippen LogP contribution in [0.3, 0.4) is 0 Å². The highest BCUT2D eigenvalue weighted by atomic mass is 127. The predicted molar refractivity (Wildman–Crippen MR) is 73.5 cm³/mol. The third-order valence-electron chi connectivity index (χ3n) is 2.00. The first kappa shape index (κ1) is 18.3. The van der Waals surface area contributed by atoms with Crippen LogP contribution in [0.2, 0.25) is 0 Å². The zero-order valence-corrected chi connectivity index (χ0v) is 11.7. The Bertz CT molecular complexity index is 36.1. The van der Waals surface area contributed by atoms with Crippen molar-refractivity contribution in [3.8, 4) is 0 Å². The van der Waals surface area contributed by atoms with E-state index in [-0.39, 0.29) is 56.4 Å². The summed E-state index contributed by atoms with van der Waals surface area (Å²) in [6.45, 7) is 0. The molecule has 0 amide bonds. The van der Waals surface area contributed by atoms with Gasteiger partial charge in [-0.1, -0.05) is 51.4 Å². The summed E-state index contributed by atoms with van der Waals surface area (Å²) in [4.78, 5) is 0. The highest BCUT2D eigenvalue weighted by Gasteiger charge is 1.95. The van der Waals surface area contributed by atoms with Crippen molar-refractivity contribution in [3.63, 3.8) is 0 Å². The molecule has 0 saturated heterocycles. The zero-order valence-electron chi connectivity index (χ0n) is 7.05. The van der Waals surface area contributed by atoms with Crippen LogP contribution in [0.4, 0.5) is 0 Å². The molecule has 2 saturated carbocycles. The van der Waals surface area contributed by atoms with Crippen molar-refractivity contribution in [1.29, 1.82) is 0 Å². The maximum atomic E-state index is 1.50. The molecule has 2 aliphatic rings. The lowest BCUT2D eigenvalue weighted by Crippen LogP contribution is -1.85. The SMILES string of the molecule is C1CCC1.C1CCC1.I.I.[B]. The third kappa shape index (κ3) is 11.5. The van der Waals surface area contributed by atoms with Crippen LogP contribution >= 0.6 is 48.0 Å². The minimum Gasteiger partial charge on any atom is -0.107 e. The Kier molecular flexibility index (Phi) is 23.5. The molecule has 0 aliphatic heterocycles. The maximum Gasteiger partial charge on any atom is 0 e. The molecule has 0 aromatic carbocycles. The van der Waals surface area contributed by atoms with Gasteiger partial charge in [0, 0.05) is 8.41 Å². The lowest BCUT2D eigenvalue weighted by Gasteiger charge is -2.05. The van der Waals surface area contributed by atoms with Crippen molar-refractivity contribution in [2.45, 2.75) is 51.4 Å². The molecule has 11 heavy (non-hydrogen) atoms. The van der Waals surface area contributed by atoms with Gasteiger partial charge in [0.1, 0.15) is 0 Å². The summed E-state index contributed by atoms with van der Waals surface area (Å²) in [7, 11) is 0. The Hall–Kier alpha value is 1.52. The Morgan fingerprint density at radius 3 is 0.455 bits per heavy atom. The predicted octanol–water partition coefficient (Wildman–Crippen LogP) is 3.98. The smallest absolute Gasteiger partial charge is 0 e. The second-order valence-electron chi connectivity index (χ2n) is 2.83. The molecule has 0 aromatic rings. The normalized spacial score (nSPS) is 17.5. The van der Waals surface area contributed by atoms with Crippen LogP contribution in [-0.4, -0.2) is 8.41 Å². The van der Waals surface area contributed by atoms with Gasteiger partial charge in [-0.3, -0.25) is 0 Å². The molecule has 2 fully saturated rings. The number of hydrogen-bond acceptors (Lipinski definition) is 0. The minimum atomic E-state index is 0. The summed E-state index contributed by atoms with van der Waals surface area (Å²) >= 11 is 0. The van der Waals surface area contributed by atoms with Crippen molar-refractivity contribution in [1.82, 2.24) is 0 Å². The zero-order chi connectivity index (χ0) is 5.66. The van der Waals surface area contributed by atoms with E-state index in [1.807, 2.05) is 0 Å². The van der Waals surface area contributed by atoms with Gasteiger partial charge in [0.15, 0.2) is 0 Å². The molecule has 2 rings (SSSR count). The number of halogens is 2. The first-order valence-electron chi connectivity index (χ1n) is 4.00. The molecule has 0 unspecified atom stereocenters. The van der Waals surface area contributed by atoms with Gasteiger partial charge >= 0.3 is 0 Å². The first-order chi connectivity index (χ1) is 4.00. The van der Waals surface area contributed by atoms with Crippen molar-refractivity contribution in [2.24, 2.45) is 0 Å². The topological polar surface area (TPSA) is 0 Å². The summed E-state index contributed by atoms with van der Waals surface area (Å²) in [6.07, 6.45) is 12.0. The van der Waals surface area contributed by atoms with E-state index in [1.165, 1.54) is 51.4 Å². The largest absolute Gasteiger partial charge is 0.107 e. The van der Waals surface area contributed by atoms with Crippen LogP contribution in [0, 0.1) is 0 Å². The molecule has 0 atom stereocenters. The highest BCUT2D eigenvalue weighted by Crippen LogP contribution is 2.15. The molecular weight excluding hydrogens is 361 g/mol. The summed E-state index contributed by atoms with van der Waals surface area (Å²) < 4.78 is 0. The van der Waals surface area contributed by atoms with E-state index in [1.54, 1.807) is 0 Å². The van der Waals surface area contributed by atoms with Gasteiger partial charge in [-0.2, -0.15) is 0 Å². The van der Waals surface area contributed by atoms with Gasteiger partial charge < -0.3 is 0 Å². The van der Waals surface area contributed by atoms with Gasteiger partial charge in [0.2, 0.25) is 0 Å². The second kappa shape index (κ2) is 14.1. The summed E-state index contributed by atoms with van der Waals surface area (Å²) in [5, 5.41) is 0. The molecule has 0 bridgehead atoms. The van der Waals surface area contributed by atoms with Crippen LogP contribution in [0.5, 0.6) is 0 Å². The fourth-order valence-electron chi connectivity index (χ4n) is 0.500. The van der Waals surface area contributed by atoms with E-state index in [2.05, 4.69) is 0 Å². The van der Waals surface area contributed by atoms with E-state index in [4.69, 9.17) is 0 Å². The van der Waals surface area contributed by atoms with Gasteiger partial charge in [0.25, 0.3) is 0 Å².